The number of aryl methyl sites for hydroxylation is 1. The van der Waals surface area contributed by atoms with Crippen LogP contribution in [0.5, 0.6) is 0 Å². The Morgan fingerprint density at radius 1 is 1.53 bits per heavy atom. The Morgan fingerprint density at radius 2 is 2.33 bits per heavy atom. The van der Waals surface area contributed by atoms with Gasteiger partial charge in [-0.15, -0.1) is 0 Å². The van der Waals surface area contributed by atoms with E-state index in [2.05, 4.69) is 5.32 Å². The predicted molar refractivity (Wildman–Crippen MR) is 59.8 cm³/mol. The minimum absolute atomic E-state index is 0.355. The molecule has 0 aromatic heterocycles. The lowest BCUT2D eigenvalue weighted by atomic mass is 10.2. The second-order valence-corrected chi connectivity index (χ2v) is 3.27. The highest BCUT2D eigenvalue weighted by molar-refractivity contribution is 5.84. The minimum Gasteiger partial charge on any atom is -0.449 e. The zero-order valence-corrected chi connectivity index (χ0v) is 8.82. The number of carbonyl (C=O) groups excluding carboxylic acids is 1. The maximum absolute atomic E-state index is 11.2. The first-order chi connectivity index (χ1) is 7.22. The van der Waals surface area contributed by atoms with Crippen LogP contribution < -0.4 is 11.1 Å². The zero-order valence-electron chi connectivity index (χ0n) is 8.82. The van der Waals surface area contributed by atoms with Crippen LogP contribution in [0.4, 0.5) is 10.5 Å². The fraction of sp³-hybridized carbons (Fsp3) is 0.364. The molecule has 1 rings (SSSR count). The van der Waals surface area contributed by atoms with E-state index in [0.29, 0.717) is 19.6 Å². The number of ether oxygens (including phenoxy) is 1. The highest BCUT2D eigenvalue weighted by Gasteiger charge is 2.01. The Bertz CT molecular complexity index is 326. The van der Waals surface area contributed by atoms with Crippen molar-refractivity contribution in [2.75, 3.05) is 18.5 Å². The molecule has 0 bridgehead atoms. The Labute approximate surface area is 89.4 Å². The van der Waals surface area contributed by atoms with Crippen molar-refractivity contribution in [3.63, 3.8) is 0 Å². The minimum atomic E-state index is -0.436. The third kappa shape index (κ3) is 4.46. The molecule has 0 aliphatic heterocycles. The summed E-state index contributed by atoms with van der Waals surface area (Å²) in [5.41, 5.74) is 7.11. The van der Waals surface area contributed by atoms with Crippen LogP contribution >= 0.6 is 0 Å². The predicted octanol–water partition coefficient (Wildman–Crippen LogP) is 1.89. The van der Waals surface area contributed by atoms with Crippen molar-refractivity contribution in [3.05, 3.63) is 29.8 Å². The smallest absolute Gasteiger partial charge is 0.411 e. The molecule has 82 valence electrons. The number of amides is 1. The van der Waals surface area contributed by atoms with Crippen molar-refractivity contribution in [2.45, 2.75) is 13.3 Å². The van der Waals surface area contributed by atoms with Gasteiger partial charge >= 0.3 is 6.09 Å². The van der Waals surface area contributed by atoms with Crippen LogP contribution in [0.25, 0.3) is 0 Å². The summed E-state index contributed by atoms with van der Waals surface area (Å²) in [4.78, 5) is 11.2. The summed E-state index contributed by atoms with van der Waals surface area (Å²) in [7, 11) is 0. The van der Waals surface area contributed by atoms with E-state index in [1.165, 1.54) is 0 Å². The molecule has 1 aromatic carbocycles. The highest BCUT2D eigenvalue weighted by Crippen LogP contribution is 2.09. The van der Waals surface area contributed by atoms with Gasteiger partial charge < -0.3 is 10.5 Å². The van der Waals surface area contributed by atoms with Gasteiger partial charge in [-0.1, -0.05) is 12.1 Å². The van der Waals surface area contributed by atoms with Gasteiger partial charge in [0.05, 0.1) is 6.61 Å². The number of nitrogens with one attached hydrogen (secondary N) is 1. The summed E-state index contributed by atoms with van der Waals surface area (Å²) in [6.45, 7) is 2.84. The summed E-state index contributed by atoms with van der Waals surface area (Å²) in [6.07, 6.45) is 0.246. The van der Waals surface area contributed by atoms with E-state index in [0.717, 1.165) is 11.3 Å². The SMILES string of the molecule is Cc1cccc(NC(=O)OCCCN)c1. The molecule has 0 saturated heterocycles. The summed E-state index contributed by atoms with van der Waals surface area (Å²) >= 11 is 0. The summed E-state index contributed by atoms with van der Waals surface area (Å²) in [5, 5.41) is 2.64. The summed E-state index contributed by atoms with van der Waals surface area (Å²) in [6, 6.07) is 7.54. The average Bonchev–Trinajstić information content (AvgIpc) is 2.18. The van der Waals surface area contributed by atoms with Gasteiger partial charge in [0.15, 0.2) is 0 Å². The maximum Gasteiger partial charge on any atom is 0.411 e. The molecule has 0 aliphatic rings. The summed E-state index contributed by atoms with van der Waals surface area (Å²) in [5.74, 6) is 0. The maximum atomic E-state index is 11.2. The lowest BCUT2D eigenvalue weighted by molar-refractivity contribution is 0.161. The first-order valence-electron chi connectivity index (χ1n) is 4.93. The van der Waals surface area contributed by atoms with Crippen molar-refractivity contribution < 1.29 is 9.53 Å². The van der Waals surface area contributed by atoms with Gasteiger partial charge in [-0.3, -0.25) is 5.32 Å². The number of carbonyl (C=O) groups is 1. The van der Waals surface area contributed by atoms with Crippen molar-refractivity contribution in [3.8, 4) is 0 Å². The van der Waals surface area contributed by atoms with E-state index in [9.17, 15) is 4.79 Å². The van der Waals surface area contributed by atoms with Crippen molar-refractivity contribution >= 4 is 11.8 Å². The number of hydrogen-bond acceptors (Lipinski definition) is 3. The normalized spacial score (nSPS) is 9.73. The fourth-order valence-corrected chi connectivity index (χ4v) is 1.12. The number of hydrogen-bond donors (Lipinski definition) is 2. The molecule has 1 aromatic rings. The van der Waals surface area contributed by atoms with Gasteiger partial charge in [-0.2, -0.15) is 0 Å². The highest BCUT2D eigenvalue weighted by atomic mass is 16.5. The number of benzene rings is 1. The van der Waals surface area contributed by atoms with Crippen molar-refractivity contribution in [1.82, 2.24) is 0 Å². The lowest BCUT2D eigenvalue weighted by Crippen LogP contribution is -2.15. The average molecular weight is 208 g/mol. The van der Waals surface area contributed by atoms with Crippen molar-refractivity contribution in [2.24, 2.45) is 5.73 Å². The zero-order chi connectivity index (χ0) is 11.1. The molecule has 0 saturated carbocycles. The molecule has 4 nitrogen and oxygen atoms in total. The Kier molecular flexibility index (Phi) is 4.63. The van der Waals surface area contributed by atoms with E-state index in [1.54, 1.807) is 0 Å². The fourth-order valence-electron chi connectivity index (χ4n) is 1.12. The number of rotatable bonds is 4. The Morgan fingerprint density at radius 3 is 3.00 bits per heavy atom. The number of nitrogens with two attached hydrogens (primary N) is 1. The first-order valence-corrected chi connectivity index (χ1v) is 4.93. The monoisotopic (exact) mass is 208 g/mol. The molecule has 1 amide bonds. The van der Waals surface area contributed by atoms with E-state index in [1.807, 2.05) is 31.2 Å². The standard InChI is InChI=1S/C11H16N2O2/c1-9-4-2-5-10(8-9)13-11(14)15-7-3-6-12/h2,4-5,8H,3,6-7,12H2,1H3,(H,13,14). The molecule has 15 heavy (non-hydrogen) atoms. The quantitative estimate of drug-likeness (QED) is 0.743. The molecule has 3 N–H and O–H groups in total. The second kappa shape index (κ2) is 6.03. The molecule has 0 heterocycles. The summed E-state index contributed by atoms with van der Waals surface area (Å²) < 4.78 is 4.90. The van der Waals surface area contributed by atoms with E-state index in [4.69, 9.17) is 10.5 Å². The molecule has 0 spiro atoms. The third-order valence-corrected chi connectivity index (χ3v) is 1.85. The van der Waals surface area contributed by atoms with Crippen LogP contribution in [0, 0.1) is 6.92 Å². The van der Waals surface area contributed by atoms with Gasteiger partial charge in [-0.05, 0) is 37.6 Å². The van der Waals surface area contributed by atoms with E-state index < -0.39 is 6.09 Å². The second-order valence-electron chi connectivity index (χ2n) is 3.27. The molecule has 0 atom stereocenters. The molecule has 0 radical (unpaired) electrons. The topological polar surface area (TPSA) is 64.3 Å². The van der Waals surface area contributed by atoms with Crippen LogP contribution in [0.15, 0.2) is 24.3 Å². The molecule has 0 aliphatic carbocycles. The van der Waals surface area contributed by atoms with Crippen LogP contribution in [0.1, 0.15) is 12.0 Å². The van der Waals surface area contributed by atoms with Crippen LogP contribution in [0.3, 0.4) is 0 Å². The van der Waals surface area contributed by atoms with Crippen LogP contribution in [-0.2, 0) is 4.74 Å². The molecule has 0 unspecified atom stereocenters. The molecular formula is C11H16N2O2. The molecular weight excluding hydrogens is 192 g/mol. The molecule has 4 heteroatoms. The first kappa shape index (κ1) is 11.5. The van der Waals surface area contributed by atoms with Gasteiger partial charge in [-0.25, -0.2) is 4.79 Å². The van der Waals surface area contributed by atoms with E-state index >= 15 is 0 Å². The van der Waals surface area contributed by atoms with Gasteiger partial charge in [0, 0.05) is 5.69 Å². The van der Waals surface area contributed by atoms with E-state index in [-0.39, 0.29) is 0 Å². The molecule has 0 fully saturated rings. The largest absolute Gasteiger partial charge is 0.449 e. The van der Waals surface area contributed by atoms with Crippen LogP contribution in [-0.4, -0.2) is 19.2 Å². The van der Waals surface area contributed by atoms with Crippen LogP contribution in [0.2, 0.25) is 0 Å². The van der Waals surface area contributed by atoms with Gasteiger partial charge in [0.2, 0.25) is 0 Å². The Balaban J connectivity index is 2.37. The lowest BCUT2D eigenvalue weighted by Gasteiger charge is -2.06. The van der Waals surface area contributed by atoms with Gasteiger partial charge in [0.1, 0.15) is 0 Å². The Hall–Kier alpha value is -1.55. The van der Waals surface area contributed by atoms with Gasteiger partial charge in [0.25, 0.3) is 0 Å². The third-order valence-electron chi connectivity index (χ3n) is 1.85. The number of anilines is 1. The van der Waals surface area contributed by atoms with Crippen molar-refractivity contribution in [1.29, 1.82) is 0 Å².